The standard InChI is InChI=1S/C21H17FN10O7S3/c22-9-1-3-10(4-2-9)39-27-12(15-25-20(23)42-28-15)16(35)24-13-17(36)32-14(19(37)38)8(6-40-18(13)32)7-41-21-26-29-30-31(21)5-11(33)34/h1-4,13,18H,5-7H2,(H,24,35)(H,33,34)(H,37,38)(H2,23,25,28)/t13?,18-/m1/s1. The molecule has 2 aliphatic heterocycles. The lowest BCUT2D eigenvalue weighted by atomic mass is 10.0. The number of amides is 2. The van der Waals surface area contributed by atoms with E-state index in [2.05, 4.69) is 35.4 Å². The first kappa shape index (κ1) is 28.9. The van der Waals surface area contributed by atoms with E-state index in [4.69, 9.17) is 15.7 Å². The van der Waals surface area contributed by atoms with Crippen LogP contribution in [0.15, 0.2) is 45.8 Å². The molecule has 2 aromatic heterocycles. The third-order valence-corrected chi connectivity index (χ3v) is 8.55. The Morgan fingerprint density at radius 2 is 2.02 bits per heavy atom. The molecule has 21 heteroatoms. The minimum Gasteiger partial charge on any atom is -0.480 e. The number of thioether (sulfide) groups is 2. The number of benzene rings is 1. The summed E-state index contributed by atoms with van der Waals surface area (Å²) in [5.74, 6) is -4.39. The Morgan fingerprint density at radius 1 is 1.26 bits per heavy atom. The summed E-state index contributed by atoms with van der Waals surface area (Å²) in [7, 11) is 0. The van der Waals surface area contributed by atoms with Crippen molar-refractivity contribution in [1.82, 2.24) is 39.8 Å². The number of nitrogens with zero attached hydrogens (tertiary/aromatic N) is 8. The van der Waals surface area contributed by atoms with Gasteiger partial charge in [-0.05, 0) is 40.3 Å². The molecule has 0 bridgehead atoms. The first-order valence-electron chi connectivity index (χ1n) is 11.5. The van der Waals surface area contributed by atoms with Crippen LogP contribution in [0.3, 0.4) is 0 Å². The topological polar surface area (TPSA) is 241 Å². The number of rotatable bonds is 11. The molecule has 2 aliphatic rings. The first-order chi connectivity index (χ1) is 20.1. The van der Waals surface area contributed by atoms with Crippen molar-refractivity contribution >= 4 is 69.7 Å². The quantitative estimate of drug-likeness (QED) is 0.0909. The fourth-order valence-electron chi connectivity index (χ4n) is 3.79. The zero-order chi connectivity index (χ0) is 30.0. The molecule has 17 nitrogen and oxygen atoms in total. The van der Waals surface area contributed by atoms with Crippen molar-refractivity contribution in [2.75, 3.05) is 17.2 Å². The van der Waals surface area contributed by atoms with E-state index in [1.807, 2.05) is 0 Å². The smallest absolute Gasteiger partial charge is 0.352 e. The normalized spacial score (nSPS) is 18.4. The number of anilines is 1. The van der Waals surface area contributed by atoms with Crippen molar-refractivity contribution in [2.45, 2.75) is 23.1 Å². The molecule has 4 heterocycles. The molecule has 0 aliphatic carbocycles. The number of β-lactam (4-membered cyclic amide) rings is 1. The van der Waals surface area contributed by atoms with E-state index >= 15 is 0 Å². The van der Waals surface area contributed by atoms with Crippen molar-refractivity contribution in [3.8, 4) is 5.75 Å². The Morgan fingerprint density at radius 3 is 2.69 bits per heavy atom. The van der Waals surface area contributed by atoms with Gasteiger partial charge in [0.1, 0.15) is 29.5 Å². The molecular weight excluding hydrogens is 619 g/mol. The zero-order valence-corrected chi connectivity index (χ0v) is 23.2. The highest BCUT2D eigenvalue weighted by molar-refractivity contribution is 8.01. The summed E-state index contributed by atoms with van der Waals surface area (Å²) in [6.07, 6.45) is 0. The summed E-state index contributed by atoms with van der Waals surface area (Å²) in [5.41, 5.74) is 5.36. The van der Waals surface area contributed by atoms with E-state index in [-0.39, 0.29) is 39.1 Å². The van der Waals surface area contributed by atoms with Crippen LogP contribution >= 0.6 is 35.1 Å². The third-order valence-electron chi connectivity index (χ3n) is 5.62. The van der Waals surface area contributed by atoms with E-state index in [9.17, 15) is 28.7 Å². The highest BCUT2D eigenvalue weighted by Gasteiger charge is 2.54. The van der Waals surface area contributed by atoms with Crippen molar-refractivity contribution in [3.05, 3.63) is 47.2 Å². The minimum atomic E-state index is -1.35. The molecule has 0 spiro atoms. The van der Waals surface area contributed by atoms with E-state index < -0.39 is 53.2 Å². The van der Waals surface area contributed by atoms with Crippen LogP contribution in [0.25, 0.3) is 0 Å². The number of halogens is 1. The molecular formula is C21H17FN10O7S3. The Labute approximate surface area is 246 Å². The van der Waals surface area contributed by atoms with Gasteiger partial charge in [0.15, 0.2) is 10.9 Å². The van der Waals surface area contributed by atoms with Gasteiger partial charge >= 0.3 is 11.9 Å². The van der Waals surface area contributed by atoms with Gasteiger partial charge in [0.2, 0.25) is 16.7 Å². The number of oxime groups is 1. The average molecular weight is 637 g/mol. The van der Waals surface area contributed by atoms with E-state index in [0.29, 0.717) is 5.57 Å². The third kappa shape index (κ3) is 6.01. The molecule has 2 atom stereocenters. The van der Waals surface area contributed by atoms with Crippen LogP contribution in [0.5, 0.6) is 5.75 Å². The fourth-order valence-corrected chi connectivity index (χ4v) is 6.59. The summed E-state index contributed by atoms with van der Waals surface area (Å²) >= 11 is 3.04. The number of fused-ring (bicyclic) bond motifs is 1. The molecule has 0 saturated carbocycles. The highest BCUT2D eigenvalue weighted by Crippen LogP contribution is 2.41. The van der Waals surface area contributed by atoms with Gasteiger partial charge in [-0.25, -0.2) is 13.9 Å². The van der Waals surface area contributed by atoms with Crippen LogP contribution in [-0.2, 0) is 25.7 Å². The van der Waals surface area contributed by atoms with Gasteiger partial charge in [-0.3, -0.25) is 19.3 Å². The second-order valence-corrected chi connectivity index (χ2v) is 11.2. The summed E-state index contributed by atoms with van der Waals surface area (Å²) in [4.78, 5) is 59.7. The molecule has 0 radical (unpaired) electrons. The Kier molecular flexibility index (Phi) is 8.31. The molecule has 3 aromatic rings. The molecule has 1 unspecified atom stereocenters. The molecule has 5 N–H and O–H groups in total. The maximum atomic E-state index is 13.2. The van der Waals surface area contributed by atoms with Crippen LogP contribution in [0.4, 0.5) is 9.52 Å². The molecule has 1 fully saturated rings. The van der Waals surface area contributed by atoms with Gasteiger partial charge in [-0.15, -0.1) is 16.9 Å². The number of hydrogen-bond acceptors (Lipinski definition) is 15. The number of carboxylic acids is 2. The Hall–Kier alpha value is -4.63. The molecule has 1 aromatic carbocycles. The maximum absolute atomic E-state index is 13.2. The monoisotopic (exact) mass is 636 g/mol. The van der Waals surface area contributed by atoms with Gasteiger partial charge in [0, 0.05) is 23.0 Å². The van der Waals surface area contributed by atoms with Crippen LogP contribution in [0.2, 0.25) is 0 Å². The Bertz CT molecular complexity index is 1630. The second kappa shape index (κ2) is 12.1. The number of nitrogens with one attached hydrogen (secondary N) is 1. The minimum absolute atomic E-state index is 0.0413. The average Bonchev–Trinajstić information content (AvgIpc) is 3.58. The SMILES string of the molecule is Nc1nc(C(=NOc2ccc(F)cc2)C(=O)NC2C(=O)N3C(C(=O)O)=C(CSc4nnnn4CC(=O)O)CS[C@H]23)ns1. The lowest BCUT2D eigenvalue weighted by Crippen LogP contribution is -2.71. The van der Waals surface area contributed by atoms with Gasteiger partial charge in [-0.2, -0.15) is 9.36 Å². The number of nitrogen functional groups attached to an aromatic ring is 1. The van der Waals surface area contributed by atoms with Gasteiger partial charge < -0.3 is 26.1 Å². The van der Waals surface area contributed by atoms with Crippen molar-refractivity contribution in [3.63, 3.8) is 0 Å². The fraction of sp³-hybridized carbons (Fsp3) is 0.238. The van der Waals surface area contributed by atoms with Gasteiger partial charge in [0.05, 0.1) is 0 Å². The van der Waals surface area contributed by atoms with Crippen LogP contribution in [0.1, 0.15) is 5.82 Å². The van der Waals surface area contributed by atoms with E-state index in [1.165, 1.54) is 23.9 Å². The number of carbonyl (C=O) groups is 4. The molecule has 2 amide bonds. The Balaban J connectivity index is 1.31. The zero-order valence-electron chi connectivity index (χ0n) is 20.8. The van der Waals surface area contributed by atoms with Gasteiger partial charge in [-0.1, -0.05) is 16.9 Å². The highest BCUT2D eigenvalue weighted by atomic mass is 32.2. The summed E-state index contributed by atoms with van der Waals surface area (Å²) in [6, 6.07) is 3.71. The number of hydrogen-bond donors (Lipinski definition) is 4. The van der Waals surface area contributed by atoms with Crippen LogP contribution < -0.4 is 15.9 Å². The molecule has 1 saturated heterocycles. The number of aromatic nitrogens is 6. The number of aliphatic carboxylic acids is 2. The predicted molar refractivity (Wildman–Crippen MR) is 144 cm³/mol. The van der Waals surface area contributed by atoms with Gasteiger partial charge in [0.25, 0.3) is 11.8 Å². The second-order valence-electron chi connectivity index (χ2n) is 8.36. The predicted octanol–water partition coefficient (Wildman–Crippen LogP) is -0.355. The number of carbonyl (C=O) groups excluding carboxylic acids is 2. The number of nitrogens with two attached hydrogens (primary N) is 1. The van der Waals surface area contributed by atoms with Crippen molar-refractivity contribution in [1.29, 1.82) is 0 Å². The summed E-state index contributed by atoms with van der Waals surface area (Å²) in [5, 5.41) is 35.5. The van der Waals surface area contributed by atoms with Crippen molar-refractivity contribution < 1.29 is 38.6 Å². The first-order valence-corrected chi connectivity index (χ1v) is 14.3. The number of tetrazole rings is 1. The van der Waals surface area contributed by atoms with Crippen LogP contribution in [0, 0.1) is 5.82 Å². The molecule has 5 rings (SSSR count). The molecule has 42 heavy (non-hydrogen) atoms. The maximum Gasteiger partial charge on any atom is 0.352 e. The van der Waals surface area contributed by atoms with Crippen LogP contribution in [-0.4, -0.2) is 97.1 Å². The lowest BCUT2D eigenvalue weighted by Gasteiger charge is -2.49. The molecule has 218 valence electrons. The largest absolute Gasteiger partial charge is 0.480 e. The number of carboxylic acid groups (broad SMARTS) is 2. The summed E-state index contributed by atoms with van der Waals surface area (Å²) < 4.78 is 18.2. The summed E-state index contributed by atoms with van der Waals surface area (Å²) in [6.45, 7) is -0.480. The van der Waals surface area contributed by atoms with E-state index in [1.54, 1.807) is 0 Å². The van der Waals surface area contributed by atoms with Crippen molar-refractivity contribution in [2.24, 2.45) is 5.16 Å². The van der Waals surface area contributed by atoms with E-state index in [0.717, 1.165) is 45.0 Å². The lowest BCUT2D eigenvalue weighted by molar-refractivity contribution is -0.150.